The molecule has 0 fully saturated rings. The number of halogens is 2. The Morgan fingerprint density at radius 1 is 0.969 bits per heavy atom. The van der Waals surface area contributed by atoms with Crippen LogP contribution in [-0.2, 0) is 9.53 Å². The summed E-state index contributed by atoms with van der Waals surface area (Å²) in [4.78, 5) is 29.8. The van der Waals surface area contributed by atoms with E-state index in [2.05, 4.69) is 10.3 Å². The molecule has 4 rings (SSSR count). The van der Waals surface area contributed by atoms with Gasteiger partial charge in [0.15, 0.2) is 6.61 Å². The van der Waals surface area contributed by atoms with Gasteiger partial charge in [0, 0.05) is 16.0 Å². The Bertz CT molecular complexity index is 1320. The van der Waals surface area contributed by atoms with Gasteiger partial charge >= 0.3 is 5.97 Å². The Labute approximate surface area is 194 Å². The van der Waals surface area contributed by atoms with E-state index in [0.29, 0.717) is 37.9 Å². The minimum atomic E-state index is -0.616. The topological polar surface area (TPSA) is 68.3 Å². The molecule has 5 nitrogen and oxygen atoms in total. The summed E-state index contributed by atoms with van der Waals surface area (Å²) in [5, 5.41) is 4.00. The van der Waals surface area contributed by atoms with Gasteiger partial charge < -0.3 is 10.1 Å². The Hall–Kier alpha value is -3.41. The van der Waals surface area contributed by atoms with Crippen LogP contribution in [0.5, 0.6) is 0 Å². The molecular weight excluding hydrogens is 447 g/mol. The molecule has 0 aliphatic rings. The number of aryl methyl sites for hydroxylation is 1. The summed E-state index contributed by atoms with van der Waals surface area (Å²) in [6.07, 6.45) is 0. The maximum absolute atomic E-state index is 12.9. The SMILES string of the molecule is Cc1ccc(-c2cc(C(=O)OCC(=O)Nc3ccc(Cl)cc3Cl)c3ccccc3n2)cc1. The van der Waals surface area contributed by atoms with Crippen molar-refractivity contribution < 1.29 is 14.3 Å². The number of esters is 1. The number of nitrogens with zero attached hydrogens (tertiary/aromatic N) is 1. The van der Waals surface area contributed by atoms with Crippen LogP contribution in [0.1, 0.15) is 15.9 Å². The van der Waals surface area contributed by atoms with E-state index in [0.717, 1.165) is 11.1 Å². The molecular formula is C25H18Cl2N2O3. The number of aromatic nitrogens is 1. The molecule has 0 bridgehead atoms. The van der Waals surface area contributed by atoms with Gasteiger partial charge in [-0.25, -0.2) is 9.78 Å². The number of hydrogen-bond acceptors (Lipinski definition) is 4. The van der Waals surface area contributed by atoms with Crippen LogP contribution in [0.3, 0.4) is 0 Å². The van der Waals surface area contributed by atoms with E-state index in [9.17, 15) is 9.59 Å². The molecule has 3 aromatic carbocycles. The monoisotopic (exact) mass is 464 g/mol. The summed E-state index contributed by atoms with van der Waals surface area (Å²) in [5.41, 5.74) is 4.03. The predicted molar refractivity (Wildman–Crippen MR) is 127 cm³/mol. The first-order valence-electron chi connectivity index (χ1n) is 9.79. The number of rotatable bonds is 5. The highest BCUT2D eigenvalue weighted by Crippen LogP contribution is 2.27. The molecule has 0 spiro atoms. The number of fused-ring (bicyclic) bond motifs is 1. The Kier molecular flexibility index (Phi) is 6.40. The number of pyridine rings is 1. The lowest BCUT2D eigenvalue weighted by Gasteiger charge is -2.11. The number of nitrogens with one attached hydrogen (secondary N) is 1. The Balaban J connectivity index is 1.56. The largest absolute Gasteiger partial charge is 0.452 e. The van der Waals surface area contributed by atoms with Gasteiger partial charge in [0.25, 0.3) is 5.91 Å². The Morgan fingerprint density at radius 2 is 1.72 bits per heavy atom. The third kappa shape index (κ3) is 4.90. The van der Waals surface area contributed by atoms with E-state index in [1.165, 1.54) is 6.07 Å². The fourth-order valence-corrected chi connectivity index (χ4v) is 3.66. The van der Waals surface area contributed by atoms with Crippen LogP contribution in [0, 0.1) is 6.92 Å². The van der Waals surface area contributed by atoms with Gasteiger partial charge in [-0.15, -0.1) is 0 Å². The number of anilines is 1. The van der Waals surface area contributed by atoms with Crippen LogP contribution < -0.4 is 5.32 Å². The molecule has 32 heavy (non-hydrogen) atoms. The first-order chi connectivity index (χ1) is 15.4. The summed E-state index contributed by atoms with van der Waals surface area (Å²) in [7, 11) is 0. The van der Waals surface area contributed by atoms with Gasteiger partial charge in [-0.05, 0) is 37.3 Å². The molecule has 0 aliphatic carbocycles. The third-order valence-corrected chi connectivity index (χ3v) is 5.37. The molecule has 4 aromatic rings. The standard InChI is InChI=1S/C25H18Cl2N2O3/c1-15-6-8-16(9-7-15)23-13-19(18-4-2-3-5-21(18)28-23)25(31)32-14-24(30)29-22-11-10-17(26)12-20(22)27/h2-13H,14H2,1H3,(H,29,30). The molecule has 0 saturated carbocycles. The summed E-state index contributed by atoms with van der Waals surface area (Å²) in [6, 6.07) is 21.5. The van der Waals surface area contributed by atoms with Crippen LogP contribution in [0.15, 0.2) is 72.8 Å². The fourth-order valence-electron chi connectivity index (χ4n) is 3.20. The van der Waals surface area contributed by atoms with E-state index in [1.54, 1.807) is 24.3 Å². The lowest BCUT2D eigenvalue weighted by atomic mass is 10.0. The minimum absolute atomic E-state index is 0.292. The van der Waals surface area contributed by atoms with E-state index < -0.39 is 18.5 Å². The second-order valence-corrected chi connectivity index (χ2v) is 8.03. The zero-order chi connectivity index (χ0) is 22.7. The first-order valence-corrected chi connectivity index (χ1v) is 10.5. The van der Waals surface area contributed by atoms with Crippen molar-refractivity contribution in [1.82, 2.24) is 4.98 Å². The summed E-state index contributed by atoms with van der Waals surface area (Å²) in [5.74, 6) is -1.13. The average molecular weight is 465 g/mol. The molecule has 0 aliphatic heterocycles. The zero-order valence-corrected chi connectivity index (χ0v) is 18.6. The van der Waals surface area contributed by atoms with Crippen molar-refractivity contribution in [3.05, 3.63) is 94.0 Å². The molecule has 0 atom stereocenters. The van der Waals surface area contributed by atoms with Crippen molar-refractivity contribution >= 4 is 51.7 Å². The van der Waals surface area contributed by atoms with Gasteiger partial charge in [0.1, 0.15) is 0 Å². The quantitative estimate of drug-likeness (QED) is 0.351. The number of carbonyl (C=O) groups is 2. The van der Waals surface area contributed by atoms with Crippen molar-refractivity contribution in [2.75, 3.05) is 11.9 Å². The first kappa shape index (κ1) is 21.8. The Morgan fingerprint density at radius 3 is 2.47 bits per heavy atom. The van der Waals surface area contributed by atoms with Crippen LogP contribution in [0.25, 0.3) is 22.2 Å². The maximum atomic E-state index is 12.9. The number of carbonyl (C=O) groups excluding carboxylic acids is 2. The normalized spacial score (nSPS) is 10.7. The lowest BCUT2D eigenvalue weighted by molar-refractivity contribution is -0.119. The van der Waals surface area contributed by atoms with Crippen LogP contribution in [0.4, 0.5) is 5.69 Å². The smallest absolute Gasteiger partial charge is 0.339 e. The number of amides is 1. The summed E-state index contributed by atoms with van der Waals surface area (Å²) in [6.45, 7) is 1.54. The van der Waals surface area contributed by atoms with E-state index in [4.69, 9.17) is 27.9 Å². The molecule has 1 amide bonds. The highest BCUT2D eigenvalue weighted by molar-refractivity contribution is 6.36. The van der Waals surface area contributed by atoms with Crippen molar-refractivity contribution in [2.24, 2.45) is 0 Å². The number of ether oxygens (including phenoxy) is 1. The third-order valence-electron chi connectivity index (χ3n) is 4.82. The van der Waals surface area contributed by atoms with Crippen molar-refractivity contribution in [1.29, 1.82) is 0 Å². The lowest BCUT2D eigenvalue weighted by Crippen LogP contribution is -2.21. The van der Waals surface area contributed by atoms with Gasteiger partial charge in [-0.3, -0.25) is 4.79 Å². The number of benzene rings is 3. The molecule has 160 valence electrons. The van der Waals surface area contributed by atoms with Crippen LogP contribution >= 0.6 is 23.2 Å². The van der Waals surface area contributed by atoms with Crippen molar-refractivity contribution in [3.8, 4) is 11.3 Å². The molecule has 1 aromatic heterocycles. The van der Waals surface area contributed by atoms with Gasteiger partial charge in [0.2, 0.25) is 0 Å². The molecule has 0 saturated heterocycles. The molecule has 7 heteroatoms. The predicted octanol–water partition coefficient (Wildman–Crippen LogP) is 6.31. The van der Waals surface area contributed by atoms with Gasteiger partial charge in [-0.2, -0.15) is 0 Å². The molecule has 1 heterocycles. The molecule has 0 radical (unpaired) electrons. The fraction of sp³-hybridized carbons (Fsp3) is 0.0800. The van der Waals surface area contributed by atoms with Gasteiger partial charge in [0.05, 0.1) is 27.5 Å². The average Bonchev–Trinajstić information content (AvgIpc) is 2.79. The number of hydrogen-bond donors (Lipinski definition) is 1. The molecule has 1 N–H and O–H groups in total. The van der Waals surface area contributed by atoms with Gasteiger partial charge in [-0.1, -0.05) is 71.2 Å². The summed E-state index contributed by atoms with van der Waals surface area (Å²) >= 11 is 11.9. The second-order valence-electron chi connectivity index (χ2n) is 7.19. The minimum Gasteiger partial charge on any atom is -0.452 e. The molecule has 0 unspecified atom stereocenters. The van der Waals surface area contributed by atoms with Crippen molar-refractivity contribution in [3.63, 3.8) is 0 Å². The van der Waals surface area contributed by atoms with Crippen LogP contribution in [-0.4, -0.2) is 23.5 Å². The van der Waals surface area contributed by atoms with E-state index >= 15 is 0 Å². The zero-order valence-electron chi connectivity index (χ0n) is 17.1. The maximum Gasteiger partial charge on any atom is 0.339 e. The van der Waals surface area contributed by atoms with Crippen LogP contribution in [0.2, 0.25) is 10.0 Å². The highest BCUT2D eigenvalue weighted by atomic mass is 35.5. The number of para-hydroxylation sites is 1. The van der Waals surface area contributed by atoms with E-state index in [-0.39, 0.29) is 0 Å². The highest BCUT2D eigenvalue weighted by Gasteiger charge is 2.17. The van der Waals surface area contributed by atoms with E-state index in [1.807, 2.05) is 49.4 Å². The second kappa shape index (κ2) is 9.39. The van der Waals surface area contributed by atoms with Crippen molar-refractivity contribution in [2.45, 2.75) is 6.92 Å². The summed E-state index contributed by atoms with van der Waals surface area (Å²) < 4.78 is 5.30.